The molecule has 5 heteroatoms. The Labute approximate surface area is 103 Å². The predicted molar refractivity (Wildman–Crippen MR) is 62.4 cm³/mol. The smallest absolute Gasteiger partial charge is 0.196 e. The van der Waals surface area contributed by atoms with Crippen LogP contribution in [0.25, 0.3) is 0 Å². The first-order valence-electron chi connectivity index (χ1n) is 5.54. The van der Waals surface area contributed by atoms with Crippen molar-refractivity contribution in [3.63, 3.8) is 0 Å². The number of aryl methyl sites for hydroxylation is 2. The Morgan fingerprint density at radius 1 is 1.28 bits per heavy atom. The van der Waals surface area contributed by atoms with E-state index < -0.39 is 17.4 Å². The first-order valence-corrected chi connectivity index (χ1v) is 5.54. The van der Waals surface area contributed by atoms with Crippen LogP contribution in [0.5, 0.6) is 0 Å². The highest BCUT2D eigenvalue weighted by Crippen LogP contribution is 2.16. The molecule has 1 aromatic carbocycles. The molecule has 0 fully saturated rings. The van der Waals surface area contributed by atoms with Gasteiger partial charge in [0.25, 0.3) is 0 Å². The summed E-state index contributed by atoms with van der Waals surface area (Å²) >= 11 is 0. The highest BCUT2D eigenvalue weighted by molar-refractivity contribution is 6.09. The van der Waals surface area contributed by atoms with Gasteiger partial charge in [0, 0.05) is 24.9 Å². The van der Waals surface area contributed by atoms with Crippen LogP contribution in [-0.4, -0.2) is 15.6 Å². The number of carbonyl (C=O) groups is 1. The first kappa shape index (κ1) is 12.4. The summed E-state index contributed by atoms with van der Waals surface area (Å²) in [4.78, 5) is 12.2. The maximum atomic E-state index is 13.1. The van der Waals surface area contributed by atoms with Crippen molar-refractivity contribution in [1.82, 2.24) is 9.78 Å². The van der Waals surface area contributed by atoms with Crippen molar-refractivity contribution in [2.24, 2.45) is 7.05 Å². The SMILES string of the molecule is CCc1nn(C)cc1C(=O)c1cc(F)cc(F)c1. The van der Waals surface area contributed by atoms with E-state index in [0.717, 1.165) is 18.2 Å². The highest BCUT2D eigenvalue weighted by atomic mass is 19.1. The minimum atomic E-state index is -0.764. The average Bonchev–Trinajstić information content (AvgIpc) is 2.68. The lowest BCUT2D eigenvalue weighted by Gasteiger charge is -2.01. The molecule has 1 aromatic heterocycles. The van der Waals surface area contributed by atoms with Gasteiger partial charge in [-0.2, -0.15) is 5.10 Å². The van der Waals surface area contributed by atoms with E-state index in [1.165, 1.54) is 4.68 Å². The van der Waals surface area contributed by atoms with Gasteiger partial charge in [0.05, 0.1) is 11.3 Å². The van der Waals surface area contributed by atoms with Crippen molar-refractivity contribution >= 4 is 5.78 Å². The Bertz CT molecular complexity index is 585. The van der Waals surface area contributed by atoms with Gasteiger partial charge in [0.1, 0.15) is 11.6 Å². The largest absolute Gasteiger partial charge is 0.288 e. The van der Waals surface area contributed by atoms with Gasteiger partial charge in [0.15, 0.2) is 5.78 Å². The van der Waals surface area contributed by atoms with Crippen LogP contribution in [0.3, 0.4) is 0 Å². The number of hydrogen-bond donors (Lipinski definition) is 0. The van der Waals surface area contributed by atoms with Gasteiger partial charge < -0.3 is 0 Å². The molecule has 1 heterocycles. The molecule has 0 saturated carbocycles. The van der Waals surface area contributed by atoms with Crippen LogP contribution in [0.15, 0.2) is 24.4 Å². The zero-order valence-corrected chi connectivity index (χ0v) is 10.1. The second kappa shape index (κ2) is 4.68. The summed E-state index contributed by atoms with van der Waals surface area (Å²) < 4.78 is 27.7. The number of hydrogen-bond acceptors (Lipinski definition) is 2. The summed E-state index contributed by atoms with van der Waals surface area (Å²) in [6.07, 6.45) is 2.14. The maximum absolute atomic E-state index is 13.1. The Morgan fingerprint density at radius 3 is 2.44 bits per heavy atom. The van der Waals surface area contributed by atoms with Crippen LogP contribution < -0.4 is 0 Å². The fourth-order valence-corrected chi connectivity index (χ4v) is 1.83. The van der Waals surface area contributed by atoms with Crippen molar-refractivity contribution in [2.45, 2.75) is 13.3 Å². The Hall–Kier alpha value is -2.04. The van der Waals surface area contributed by atoms with Crippen LogP contribution in [0.2, 0.25) is 0 Å². The lowest BCUT2D eigenvalue weighted by atomic mass is 10.0. The van der Waals surface area contributed by atoms with Crippen molar-refractivity contribution < 1.29 is 13.6 Å². The average molecular weight is 250 g/mol. The third-order valence-electron chi connectivity index (χ3n) is 2.61. The van der Waals surface area contributed by atoms with Crippen LogP contribution >= 0.6 is 0 Å². The molecule has 0 radical (unpaired) electrons. The molecule has 2 rings (SSSR count). The van der Waals surface area contributed by atoms with E-state index in [1.807, 2.05) is 6.92 Å². The number of ketones is 1. The second-order valence-corrected chi connectivity index (χ2v) is 4.00. The molecule has 0 atom stereocenters. The Balaban J connectivity index is 2.47. The number of aromatic nitrogens is 2. The molecular weight excluding hydrogens is 238 g/mol. The Morgan fingerprint density at radius 2 is 1.89 bits per heavy atom. The summed E-state index contributed by atoms with van der Waals surface area (Å²) in [6, 6.07) is 2.79. The Kier molecular flexibility index (Phi) is 3.23. The van der Waals surface area contributed by atoms with Crippen molar-refractivity contribution in [3.8, 4) is 0 Å². The molecule has 18 heavy (non-hydrogen) atoms. The van der Waals surface area contributed by atoms with E-state index >= 15 is 0 Å². The fraction of sp³-hybridized carbons (Fsp3) is 0.231. The van der Waals surface area contributed by atoms with Crippen molar-refractivity contribution in [1.29, 1.82) is 0 Å². The molecule has 0 saturated heterocycles. The van der Waals surface area contributed by atoms with Gasteiger partial charge in [-0.3, -0.25) is 9.48 Å². The first-order chi connectivity index (χ1) is 8.51. The van der Waals surface area contributed by atoms with Gasteiger partial charge in [-0.25, -0.2) is 8.78 Å². The molecule has 0 aliphatic carbocycles. The molecule has 0 aliphatic heterocycles. The summed E-state index contributed by atoms with van der Waals surface area (Å²) in [5, 5.41) is 4.13. The van der Waals surface area contributed by atoms with E-state index in [9.17, 15) is 13.6 Å². The lowest BCUT2D eigenvalue weighted by Crippen LogP contribution is -2.04. The lowest BCUT2D eigenvalue weighted by molar-refractivity contribution is 0.103. The van der Waals surface area contributed by atoms with Gasteiger partial charge in [-0.05, 0) is 18.6 Å². The molecule has 0 spiro atoms. The van der Waals surface area contributed by atoms with E-state index in [0.29, 0.717) is 17.7 Å². The minimum Gasteiger partial charge on any atom is -0.288 e. The molecule has 0 bridgehead atoms. The molecule has 0 N–H and O–H groups in total. The summed E-state index contributed by atoms with van der Waals surface area (Å²) in [5.74, 6) is -1.95. The molecule has 3 nitrogen and oxygen atoms in total. The zero-order valence-electron chi connectivity index (χ0n) is 10.1. The van der Waals surface area contributed by atoms with E-state index in [2.05, 4.69) is 5.10 Å². The standard InChI is InChI=1S/C13H12F2N2O/c1-3-12-11(7-17(2)16-12)13(18)8-4-9(14)6-10(15)5-8/h4-7H,3H2,1-2H3. The van der Waals surface area contributed by atoms with E-state index in [1.54, 1.807) is 13.2 Å². The number of benzene rings is 1. The third-order valence-corrected chi connectivity index (χ3v) is 2.61. The monoisotopic (exact) mass is 250 g/mol. The van der Waals surface area contributed by atoms with Crippen LogP contribution in [0.4, 0.5) is 8.78 Å². The summed E-state index contributed by atoms with van der Waals surface area (Å²) in [6.45, 7) is 1.87. The normalized spacial score (nSPS) is 10.7. The predicted octanol–water partition coefficient (Wildman–Crippen LogP) is 2.49. The van der Waals surface area contributed by atoms with Crippen molar-refractivity contribution in [2.75, 3.05) is 0 Å². The van der Waals surface area contributed by atoms with Crippen LogP contribution in [0.1, 0.15) is 28.5 Å². The molecule has 0 amide bonds. The number of nitrogens with zero attached hydrogens (tertiary/aromatic N) is 2. The third kappa shape index (κ3) is 2.30. The van der Waals surface area contributed by atoms with Crippen LogP contribution in [-0.2, 0) is 13.5 Å². The van der Waals surface area contributed by atoms with Gasteiger partial charge in [-0.15, -0.1) is 0 Å². The minimum absolute atomic E-state index is 0.00444. The summed E-state index contributed by atoms with van der Waals surface area (Å²) in [5.41, 5.74) is 0.993. The van der Waals surface area contributed by atoms with E-state index in [-0.39, 0.29) is 5.56 Å². The molecular formula is C13H12F2N2O. The zero-order chi connectivity index (χ0) is 13.3. The molecule has 2 aromatic rings. The summed E-state index contributed by atoms with van der Waals surface area (Å²) in [7, 11) is 1.70. The second-order valence-electron chi connectivity index (χ2n) is 4.00. The van der Waals surface area contributed by atoms with E-state index in [4.69, 9.17) is 0 Å². The molecule has 0 aliphatic rings. The number of rotatable bonds is 3. The van der Waals surface area contributed by atoms with Gasteiger partial charge in [0.2, 0.25) is 0 Å². The maximum Gasteiger partial charge on any atom is 0.196 e. The van der Waals surface area contributed by atoms with Crippen molar-refractivity contribution in [3.05, 3.63) is 52.9 Å². The topological polar surface area (TPSA) is 34.9 Å². The molecule has 0 unspecified atom stereocenters. The highest BCUT2D eigenvalue weighted by Gasteiger charge is 2.17. The molecule has 94 valence electrons. The number of halogens is 2. The van der Waals surface area contributed by atoms with Crippen LogP contribution in [0, 0.1) is 11.6 Å². The quantitative estimate of drug-likeness (QED) is 0.784. The van der Waals surface area contributed by atoms with Gasteiger partial charge in [-0.1, -0.05) is 6.92 Å². The fourth-order valence-electron chi connectivity index (χ4n) is 1.83. The number of carbonyl (C=O) groups excluding carboxylic acids is 1. The van der Waals surface area contributed by atoms with Gasteiger partial charge >= 0.3 is 0 Å².